The number of aliphatic hydroxyl groups excluding tert-OH is 1. The Morgan fingerprint density at radius 3 is 2.41 bits per heavy atom. The smallest absolute Gasteiger partial charge is 0.315 e. The normalized spacial score (nSPS) is 14.3. The lowest BCUT2D eigenvalue weighted by Gasteiger charge is -2.27. The first-order valence-electron chi connectivity index (χ1n) is 7.26. The van der Waals surface area contributed by atoms with Crippen molar-refractivity contribution in [3.05, 3.63) is 34.9 Å². The molecule has 2 amide bonds. The van der Waals surface area contributed by atoms with Gasteiger partial charge in [0.15, 0.2) is 0 Å². The topological polar surface area (TPSA) is 70.6 Å². The molecule has 1 aromatic carbocycles. The van der Waals surface area contributed by atoms with Crippen molar-refractivity contribution in [3.63, 3.8) is 0 Å². The van der Waals surface area contributed by atoms with Crippen LogP contribution in [0.2, 0.25) is 5.02 Å². The number of hydrogen-bond acceptors (Lipinski definition) is 3. The van der Waals surface area contributed by atoms with Crippen molar-refractivity contribution in [2.45, 2.75) is 44.9 Å². The van der Waals surface area contributed by atoms with E-state index in [1.165, 1.54) is 0 Å². The van der Waals surface area contributed by atoms with E-state index >= 15 is 0 Å². The van der Waals surface area contributed by atoms with Gasteiger partial charge in [-0.3, -0.25) is 0 Å². The first kappa shape index (κ1) is 18.7. The number of methoxy groups -OCH3 is 1. The lowest BCUT2D eigenvalue weighted by molar-refractivity contribution is 0.00946. The largest absolute Gasteiger partial charge is 0.394 e. The third kappa shape index (κ3) is 6.22. The molecule has 22 heavy (non-hydrogen) atoms. The molecule has 5 nitrogen and oxygen atoms in total. The van der Waals surface area contributed by atoms with E-state index in [0.717, 1.165) is 5.56 Å². The second-order valence-electron chi connectivity index (χ2n) is 5.97. The third-order valence-corrected chi connectivity index (χ3v) is 3.74. The van der Waals surface area contributed by atoms with Gasteiger partial charge in [-0.05, 0) is 44.9 Å². The van der Waals surface area contributed by atoms with Gasteiger partial charge in [-0.2, -0.15) is 0 Å². The van der Waals surface area contributed by atoms with Gasteiger partial charge >= 0.3 is 6.03 Å². The number of nitrogens with one attached hydrogen (secondary N) is 2. The number of carbonyl (C=O) groups is 1. The highest BCUT2D eigenvalue weighted by Gasteiger charge is 2.22. The van der Waals surface area contributed by atoms with Crippen molar-refractivity contribution in [1.29, 1.82) is 0 Å². The van der Waals surface area contributed by atoms with Gasteiger partial charge in [0.1, 0.15) is 0 Å². The van der Waals surface area contributed by atoms with E-state index in [4.69, 9.17) is 16.3 Å². The summed E-state index contributed by atoms with van der Waals surface area (Å²) < 4.78 is 5.35. The van der Waals surface area contributed by atoms with Crippen LogP contribution in [0.4, 0.5) is 4.79 Å². The van der Waals surface area contributed by atoms with Crippen molar-refractivity contribution >= 4 is 17.6 Å². The molecular weight excluding hydrogens is 304 g/mol. The van der Waals surface area contributed by atoms with Gasteiger partial charge in [0.2, 0.25) is 0 Å². The molecule has 2 atom stereocenters. The highest BCUT2D eigenvalue weighted by molar-refractivity contribution is 6.30. The summed E-state index contributed by atoms with van der Waals surface area (Å²) in [6.45, 7) is 5.66. The van der Waals surface area contributed by atoms with Gasteiger partial charge in [0.05, 0.1) is 18.2 Å². The fourth-order valence-corrected chi connectivity index (χ4v) is 2.35. The molecule has 124 valence electrons. The third-order valence-electron chi connectivity index (χ3n) is 3.49. The number of rotatable bonds is 7. The standard InChI is InChI=1S/C16H25ClN2O3/c1-11(9-16(2,3)22-4)18-15(21)19-14(10-20)12-5-7-13(17)8-6-12/h5-8,11,14,20H,9-10H2,1-4H3,(H2,18,19,21). The summed E-state index contributed by atoms with van der Waals surface area (Å²) in [5.41, 5.74) is 0.492. The second kappa shape index (κ2) is 8.36. The molecule has 0 saturated heterocycles. The van der Waals surface area contributed by atoms with Crippen LogP contribution < -0.4 is 10.6 Å². The summed E-state index contributed by atoms with van der Waals surface area (Å²) in [6, 6.07) is 6.15. The van der Waals surface area contributed by atoms with Gasteiger partial charge in [-0.15, -0.1) is 0 Å². The fourth-order valence-electron chi connectivity index (χ4n) is 2.22. The lowest BCUT2D eigenvalue weighted by Crippen LogP contribution is -2.45. The number of halogens is 1. The highest BCUT2D eigenvalue weighted by atomic mass is 35.5. The van der Waals surface area contributed by atoms with E-state index in [-0.39, 0.29) is 24.3 Å². The van der Waals surface area contributed by atoms with Crippen LogP contribution in [0.1, 0.15) is 38.8 Å². The molecule has 0 spiro atoms. The Morgan fingerprint density at radius 1 is 1.32 bits per heavy atom. The summed E-state index contributed by atoms with van der Waals surface area (Å²) >= 11 is 5.84. The van der Waals surface area contributed by atoms with Crippen LogP contribution in [-0.4, -0.2) is 36.5 Å². The minimum absolute atomic E-state index is 0.0560. The zero-order chi connectivity index (χ0) is 16.8. The van der Waals surface area contributed by atoms with E-state index in [9.17, 15) is 9.90 Å². The summed E-state index contributed by atoms with van der Waals surface area (Å²) in [4.78, 5) is 12.0. The Balaban J connectivity index is 2.56. The molecule has 6 heteroatoms. The van der Waals surface area contributed by atoms with Crippen LogP contribution in [0.15, 0.2) is 24.3 Å². The van der Waals surface area contributed by atoms with Crippen LogP contribution in [0.3, 0.4) is 0 Å². The number of ether oxygens (including phenoxy) is 1. The Kier molecular flexibility index (Phi) is 7.13. The van der Waals surface area contributed by atoms with Crippen molar-refractivity contribution in [2.24, 2.45) is 0 Å². The van der Waals surface area contributed by atoms with Crippen LogP contribution >= 0.6 is 11.6 Å². The van der Waals surface area contributed by atoms with Crippen LogP contribution in [-0.2, 0) is 4.74 Å². The zero-order valence-electron chi connectivity index (χ0n) is 13.5. The van der Waals surface area contributed by atoms with Gasteiger partial charge in [-0.25, -0.2) is 4.79 Å². The predicted molar refractivity (Wildman–Crippen MR) is 88.1 cm³/mol. The minimum Gasteiger partial charge on any atom is -0.394 e. The molecule has 0 aliphatic heterocycles. The van der Waals surface area contributed by atoms with E-state index in [2.05, 4.69) is 10.6 Å². The van der Waals surface area contributed by atoms with Crippen molar-refractivity contribution in [1.82, 2.24) is 10.6 Å². The lowest BCUT2D eigenvalue weighted by atomic mass is 10.00. The number of aliphatic hydroxyl groups is 1. The van der Waals surface area contributed by atoms with E-state index in [1.807, 2.05) is 20.8 Å². The average Bonchev–Trinajstić information content (AvgIpc) is 2.45. The molecule has 2 unspecified atom stereocenters. The number of carbonyl (C=O) groups excluding carboxylic acids is 1. The fraction of sp³-hybridized carbons (Fsp3) is 0.562. The van der Waals surface area contributed by atoms with Gasteiger partial charge < -0.3 is 20.5 Å². The van der Waals surface area contributed by atoms with E-state index in [1.54, 1.807) is 31.4 Å². The van der Waals surface area contributed by atoms with Crippen LogP contribution in [0.25, 0.3) is 0 Å². The maximum atomic E-state index is 12.0. The number of amides is 2. The number of urea groups is 1. The molecule has 0 saturated carbocycles. The van der Waals surface area contributed by atoms with Crippen LogP contribution in [0, 0.1) is 0 Å². The Labute approximate surface area is 137 Å². The first-order valence-corrected chi connectivity index (χ1v) is 7.63. The second-order valence-corrected chi connectivity index (χ2v) is 6.41. The van der Waals surface area contributed by atoms with Gasteiger partial charge in [0, 0.05) is 18.2 Å². The summed E-state index contributed by atoms with van der Waals surface area (Å²) in [7, 11) is 1.65. The van der Waals surface area contributed by atoms with Crippen molar-refractivity contribution < 1.29 is 14.6 Å². The molecule has 0 fully saturated rings. The van der Waals surface area contributed by atoms with Crippen molar-refractivity contribution in [2.75, 3.05) is 13.7 Å². The van der Waals surface area contributed by atoms with Gasteiger partial charge in [-0.1, -0.05) is 23.7 Å². The molecule has 0 bridgehead atoms. The molecule has 0 heterocycles. The first-order chi connectivity index (χ1) is 10.3. The van der Waals surface area contributed by atoms with E-state index < -0.39 is 6.04 Å². The Morgan fingerprint density at radius 2 is 1.91 bits per heavy atom. The van der Waals surface area contributed by atoms with E-state index in [0.29, 0.717) is 11.4 Å². The molecule has 0 aromatic heterocycles. The molecule has 0 radical (unpaired) electrons. The number of benzene rings is 1. The molecule has 1 aromatic rings. The monoisotopic (exact) mass is 328 g/mol. The Bertz CT molecular complexity index is 477. The Hall–Kier alpha value is -1.30. The quantitative estimate of drug-likeness (QED) is 0.720. The molecule has 0 aliphatic carbocycles. The predicted octanol–water partition coefficient (Wildman–Crippen LogP) is 2.88. The maximum Gasteiger partial charge on any atom is 0.315 e. The zero-order valence-corrected chi connectivity index (χ0v) is 14.3. The summed E-state index contributed by atoms with van der Waals surface area (Å²) in [5, 5.41) is 15.7. The average molecular weight is 329 g/mol. The number of hydrogen-bond donors (Lipinski definition) is 3. The van der Waals surface area contributed by atoms with Crippen molar-refractivity contribution in [3.8, 4) is 0 Å². The summed E-state index contributed by atoms with van der Waals surface area (Å²) in [5.74, 6) is 0. The summed E-state index contributed by atoms with van der Waals surface area (Å²) in [6.07, 6.45) is 0.682. The molecular formula is C16H25ClN2O3. The minimum atomic E-state index is -0.472. The molecule has 1 rings (SSSR count). The molecule has 3 N–H and O–H groups in total. The SMILES string of the molecule is COC(C)(C)CC(C)NC(=O)NC(CO)c1ccc(Cl)cc1. The maximum absolute atomic E-state index is 12.0. The highest BCUT2D eigenvalue weighted by Crippen LogP contribution is 2.17. The van der Waals surface area contributed by atoms with Crippen LogP contribution in [0.5, 0.6) is 0 Å². The molecule has 0 aliphatic rings. The van der Waals surface area contributed by atoms with Gasteiger partial charge in [0.25, 0.3) is 0 Å².